The molecule has 28 heavy (non-hydrogen) atoms. The summed E-state index contributed by atoms with van der Waals surface area (Å²) < 4.78 is 31.7. The van der Waals surface area contributed by atoms with Gasteiger partial charge in [0.2, 0.25) is 0 Å². The average molecular weight is 388 g/mol. The van der Waals surface area contributed by atoms with Gasteiger partial charge in [0.15, 0.2) is 17.7 Å². The largest absolute Gasteiger partial charge is 0.481 e. The van der Waals surface area contributed by atoms with Gasteiger partial charge in [-0.1, -0.05) is 30.7 Å². The van der Waals surface area contributed by atoms with E-state index in [1.807, 2.05) is 18.2 Å². The van der Waals surface area contributed by atoms with E-state index in [0.717, 1.165) is 37.3 Å². The summed E-state index contributed by atoms with van der Waals surface area (Å²) in [6.45, 7) is 5.08. The maximum Gasteiger partial charge on any atom is 0.261 e. The van der Waals surface area contributed by atoms with Gasteiger partial charge >= 0.3 is 0 Å². The van der Waals surface area contributed by atoms with Crippen molar-refractivity contribution < 1.29 is 18.3 Å². The van der Waals surface area contributed by atoms with E-state index in [1.54, 1.807) is 6.92 Å². The van der Waals surface area contributed by atoms with Crippen LogP contribution in [0.5, 0.6) is 5.75 Å². The second-order valence-electron chi connectivity index (χ2n) is 7.16. The van der Waals surface area contributed by atoms with Crippen LogP contribution in [0.4, 0.5) is 8.78 Å². The summed E-state index contributed by atoms with van der Waals surface area (Å²) in [6, 6.07) is 11.3. The number of rotatable bonds is 7. The number of nitrogens with zero attached hydrogens (tertiary/aromatic N) is 1. The van der Waals surface area contributed by atoms with Crippen molar-refractivity contribution in [2.24, 2.45) is 0 Å². The Bertz CT molecular complexity index is 807. The first-order chi connectivity index (χ1) is 13.5. The molecule has 0 spiro atoms. The predicted octanol–water partition coefficient (Wildman–Crippen LogP) is 4.03. The smallest absolute Gasteiger partial charge is 0.261 e. The Morgan fingerprint density at radius 3 is 2.50 bits per heavy atom. The lowest BCUT2D eigenvalue weighted by molar-refractivity contribution is -0.127. The molecule has 2 aromatic rings. The lowest BCUT2D eigenvalue weighted by Gasteiger charge is -2.27. The number of carbonyl (C=O) groups is 1. The standard InChI is InChI=1S/C22H26F2N2O2/c1-16(28-19-9-10-20(23)21(24)13-19)22(27)25-14-17-7-3-4-8-18(17)15-26-11-5-2-6-12-26/h3-4,7-10,13,16H,2,5-6,11-12,14-15H2,1H3,(H,25,27). The van der Waals surface area contributed by atoms with Crippen LogP contribution in [0.15, 0.2) is 42.5 Å². The molecule has 1 saturated heterocycles. The number of piperidine rings is 1. The van der Waals surface area contributed by atoms with Gasteiger partial charge in [-0.15, -0.1) is 0 Å². The van der Waals surface area contributed by atoms with Gasteiger partial charge in [0.1, 0.15) is 5.75 Å². The van der Waals surface area contributed by atoms with Crippen LogP contribution in [0.1, 0.15) is 37.3 Å². The van der Waals surface area contributed by atoms with Crippen molar-refractivity contribution in [1.82, 2.24) is 10.2 Å². The van der Waals surface area contributed by atoms with Crippen LogP contribution in [0.25, 0.3) is 0 Å². The Morgan fingerprint density at radius 1 is 1.07 bits per heavy atom. The Balaban J connectivity index is 1.55. The first-order valence-electron chi connectivity index (χ1n) is 9.71. The number of amides is 1. The van der Waals surface area contributed by atoms with Gasteiger partial charge in [-0.25, -0.2) is 8.78 Å². The molecule has 150 valence electrons. The fourth-order valence-corrected chi connectivity index (χ4v) is 3.38. The van der Waals surface area contributed by atoms with E-state index in [1.165, 1.54) is 30.9 Å². The zero-order chi connectivity index (χ0) is 19.9. The number of carbonyl (C=O) groups excluding carboxylic acids is 1. The van der Waals surface area contributed by atoms with Gasteiger partial charge in [-0.3, -0.25) is 9.69 Å². The number of hydrogen-bond acceptors (Lipinski definition) is 3. The minimum atomic E-state index is -1.00. The van der Waals surface area contributed by atoms with Crippen molar-refractivity contribution >= 4 is 5.91 Å². The van der Waals surface area contributed by atoms with E-state index in [4.69, 9.17) is 4.74 Å². The number of halogens is 2. The van der Waals surface area contributed by atoms with Crippen LogP contribution in [0.2, 0.25) is 0 Å². The molecule has 1 amide bonds. The third-order valence-corrected chi connectivity index (χ3v) is 4.99. The second kappa shape index (κ2) is 9.64. The van der Waals surface area contributed by atoms with E-state index in [-0.39, 0.29) is 11.7 Å². The maximum absolute atomic E-state index is 13.3. The van der Waals surface area contributed by atoms with E-state index >= 15 is 0 Å². The fraction of sp³-hybridized carbons (Fsp3) is 0.409. The molecule has 1 heterocycles. The first kappa shape index (κ1) is 20.3. The molecule has 1 N–H and O–H groups in total. The van der Waals surface area contributed by atoms with Gasteiger partial charge in [0.05, 0.1) is 0 Å². The molecular formula is C22H26F2N2O2. The number of likely N-dealkylation sites (tertiary alicyclic amines) is 1. The Hall–Kier alpha value is -2.47. The molecule has 1 unspecified atom stereocenters. The van der Waals surface area contributed by atoms with Gasteiger partial charge < -0.3 is 10.1 Å². The summed E-state index contributed by atoms with van der Waals surface area (Å²) in [5.41, 5.74) is 2.28. The zero-order valence-corrected chi connectivity index (χ0v) is 16.1. The minimum Gasteiger partial charge on any atom is -0.481 e. The monoisotopic (exact) mass is 388 g/mol. The van der Waals surface area contributed by atoms with E-state index < -0.39 is 17.7 Å². The SMILES string of the molecule is CC(Oc1ccc(F)c(F)c1)C(=O)NCc1ccccc1CN1CCCCC1. The Morgan fingerprint density at radius 2 is 1.79 bits per heavy atom. The summed E-state index contributed by atoms with van der Waals surface area (Å²) >= 11 is 0. The molecule has 4 nitrogen and oxygen atoms in total. The molecular weight excluding hydrogens is 362 g/mol. The van der Waals surface area contributed by atoms with Gasteiger partial charge in [0, 0.05) is 19.2 Å². The third-order valence-electron chi connectivity index (χ3n) is 4.99. The number of ether oxygens (including phenoxy) is 1. The van der Waals surface area contributed by atoms with Crippen molar-refractivity contribution in [3.05, 3.63) is 65.2 Å². The molecule has 0 radical (unpaired) electrons. The van der Waals surface area contributed by atoms with E-state index in [9.17, 15) is 13.6 Å². The molecule has 2 aromatic carbocycles. The van der Waals surface area contributed by atoms with Crippen molar-refractivity contribution in [2.45, 2.75) is 45.4 Å². The Kier molecular flexibility index (Phi) is 6.98. The quantitative estimate of drug-likeness (QED) is 0.779. The topological polar surface area (TPSA) is 41.6 Å². The summed E-state index contributed by atoms with van der Waals surface area (Å²) in [6.07, 6.45) is 2.94. The first-order valence-corrected chi connectivity index (χ1v) is 9.71. The lowest BCUT2D eigenvalue weighted by atomic mass is 10.0. The molecule has 1 aliphatic rings. The lowest BCUT2D eigenvalue weighted by Crippen LogP contribution is -2.36. The highest BCUT2D eigenvalue weighted by Gasteiger charge is 2.17. The molecule has 3 rings (SSSR count). The molecule has 1 atom stereocenters. The summed E-state index contributed by atoms with van der Waals surface area (Å²) in [7, 11) is 0. The van der Waals surface area contributed by atoms with Crippen molar-refractivity contribution in [1.29, 1.82) is 0 Å². The van der Waals surface area contributed by atoms with E-state index in [2.05, 4.69) is 16.3 Å². The van der Waals surface area contributed by atoms with Gasteiger partial charge in [-0.2, -0.15) is 0 Å². The highest BCUT2D eigenvalue weighted by molar-refractivity contribution is 5.80. The molecule has 0 aliphatic carbocycles. The van der Waals surface area contributed by atoms with E-state index in [0.29, 0.717) is 6.54 Å². The Labute approximate surface area is 164 Å². The highest BCUT2D eigenvalue weighted by atomic mass is 19.2. The highest BCUT2D eigenvalue weighted by Crippen LogP contribution is 2.18. The third kappa shape index (κ3) is 5.52. The van der Waals surface area contributed by atoms with Crippen LogP contribution in [-0.2, 0) is 17.9 Å². The maximum atomic E-state index is 13.3. The van der Waals surface area contributed by atoms with Crippen LogP contribution in [-0.4, -0.2) is 30.0 Å². The van der Waals surface area contributed by atoms with Crippen molar-refractivity contribution in [2.75, 3.05) is 13.1 Å². The fourth-order valence-electron chi connectivity index (χ4n) is 3.38. The van der Waals surface area contributed by atoms with Gasteiger partial charge in [-0.05, 0) is 56.1 Å². The van der Waals surface area contributed by atoms with Crippen LogP contribution < -0.4 is 10.1 Å². The van der Waals surface area contributed by atoms with Crippen molar-refractivity contribution in [3.8, 4) is 5.75 Å². The average Bonchev–Trinajstić information content (AvgIpc) is 2.70. The van der Waals surface area contributed by atoms with Crippen LogP contribution in [0, 0.1) is 11.6 Å². The molecule has 1 fully saturated rings. The summed E-state index contributed by atoms with van der Waals surface area (Å²) in [5, 5.41) is 2.87. The summed E-state index contributed by atoms with van der Waals surface area (Å²) in [4.78, 5) is 14.8. The number of hydrogen-bond donors (Lipinski definition) is 1. The minimum absolute atomic E-state index is 0.118. The molecule has 6 heteroatoms. The van der Waals surface area contributed by atoms with Gasteiger partial charge in [0.25, 0.3) is 5.91 Å². The van der Waals surface area contributed by atoms with Crippen LogP contribution in [0.3, 0.4) is 0 Å². The zero-order valence-electron chi connectivity index (χ0n) is 16.1. The molecule has 0 saturated carbocycles. The van der Waals surface area contributed by atoms with Crippen LogP contribution >= 0.6 is 0 Å². The molecule has 1 aliphatic heterocycles. The number of nitrogens with one attached hydrogen (secondary N) is 1. The second-order valence-corrected chi connectivity index (χ2v) is 7.16. The number of benzene rings is 2. The molecule has 0 bridgehead atoms. The molecule has 0 aromatic heterocycles. The van der Waals surface area contributed by atoms with Crippen molar-refractivity contribution in [3.63, 3.8) is 0 Å². The summed E-state index contributed by atoms with van der Waals surface area (Å²) in [5.74, 6) is -2.14. The normalized spacial score (nSPS) is 15.8. The predicted molar refractivity (Wildman–Crippen MR) is 104 cm³/mol.